The SMILES string of the molecule is O=C(CCC(=O)N1CCc2cc(S(=O)(=O)Nc3ccccc3)ccc21)N1CCCCC1. The summed E-state index contributed by atoms with van der Waals surface area (Å²) in [5.41, 5.74) is 2.05. The number of sulfonamides is 1. The number of likely N-dealkylation sites (tertiary alicyclic amines) is 1. The van der Waals surface area contributed by atoms with Crippen molar-refractivity contribution in [2.45, 2.75) is 43.4 Å². The fourth-order valence-corrected chi connectivity index (χ4v) is 5.28. The van der Waals surface area contributed by atoms with Gasteiger partial charge in [0, 0.05) is 43.9 Å². The highest BCUT2D eigenvalue weighted by Gasteiger charge is 2.27. The van der Waals surface area contributed by atoms with Gasteiger partial charge in [-0.25, -0.2) is 8.42 Å². The quantitative estimate of drug-likeness (QED) is 0.746. The van der Waals surface area contributed by atoms with Crippen LogP contribution < -0.4 is 9.62 Å². The lowest BCUT2D eigenvalue weighted by Crippen LogP contribution is -2.37. The Hall–Kier alpha value is -2.87. The lowest BCUT2D eigenvalue weighted by molar-refractivity contribution is -0.133. The molecule has 1 fully saturated rings. The van der Waals surface area contributed by atoms with E-state index in [0.29, 0.717) is 18.7 Å². The number of benzene rings is 2. The van der Waals surface area contributed by atoms with Crippen LogP contribution in [-0.2, 0) is 26.0 Å². The van der Waals surface area contributed by atoms with Crippen LogP contribution in [0.3, 0.4) is 0 Å². The molecule has 31 heavy (non-hydrogen) atoms. The van der Waals surface area contributed by atoms with Crippen molar-refractivity contribution in [2.24, 2.45) is 0 Å². The molecule has 0 bridgehead atoms. The van der Waals surface area contributed by atoms with Gasteiger partial charge in [0.15, 0.2) is 0 Å². The highest BCUT2D eigenvalue weighted by Crippen LogP contribution is 2.31. The summed E-state index contributed by atoms with van der Waals surface area (Å²) in [6.07, 6.45) is 4.21. The Bertz CT molecular complexity index is 1060. The lowest BCUT2D eigenvalue weighted by atomic mass is 10.1. The maximum Gasteiger partial charge on any atom is 0.261 e. The Balaban J connectivity index is 1.41. The molecule has 4 rings (SSSR count). The highest BCUT2D eigenvalue weighted by atomic mass is 32.2. The van der Waals surface area contributed by atoms with E-state index in [1.807, 2.05) is 11.0 Å². The van der Waals surface area contributed by atoms with E-state index >= 15 is 0 Å². The van der Waals surface area contributed by atoms with Crippen molar-refractivity contribution in [3.05, 3.63) is 54.1 Å². The van der Waals surface area contributed by atoms with Crippen molar-refractivity contribution >= 4 is 33.2 Å². The van der Waals surface area contributed by atoms with E-state index in [9.17, 15) is 18.0 Å². The summed E-state index contributed by atoms with van der Waals surface area (Å²) in [7, 11) is -3.71. The molecule has 0 unspecified atom stereocenters. The molecule has 0 atom stereocenters. The normalized spacial score (nSPS) is 16.1. The van der Waals surface area contributed by atoms with E-state index in [-0.39, 0.29) is 29.6 Å². The van der Waals surface area contributed by atoms with E-state index in [0.717, 1.165) is 43.6 Å². The van der Waals surface area contributed by atoms with E-state index in [1.54, 1.807) is 41.3 Å². The van der Waals surface area contributed by atoms with Crippen molar-refractivity contribution in [3.8, 4) is 0 Å². The van der Waals surface area contributed by atoms with Gasteiger partial charge in [0.05, 0.1) is 4.90 Å². The van der Waals surface area contributed by atoms with E-state index in [4.69, 9.17) is 0 Å². The van der Waals surface area contributed by atoms with Crippen LogP contribution in [0.4, 0.5) is 11.4 Å². The van der Waals surface area contributed by atoms with Gasteiger partial charge in [0.2, 0.25) is 11.8 Å². The van der Waals surface area contributed by atoms with Gasteiger partial charge in [-0.3, -0.25) is 14.3 Å². The molecule has 2 amide bonds. The fourth-order valence-electron chi connectivity index (χ4n) is 4.17. The number of carbonyl (C=O) groups is 2. The molecule has 1 N–H and O–H groups in total. The number of nitrogens with one attached hydrogen (secondary N) is 1. The van der Waals surface area contributed by atoms with Crippen LogP contribution in [-0.4, -0.2) is 44.8 Å². The van der Waals surface area contributed by atoms with Crippen LogP contribution >= 0.6 is 0 Å². The third-order valence-corrected chi connectivity index (χ3v) is 7.22. The Morgan fingerprint density at radius 2 is 1.58 bits per heavy atom. The summed E-state index contributed by atoms with van der Waals surface area (Å²) < 4.78 is 28.0. The molecule has 0 radical (unpaired) electrons. The largest absolute Gasteiger partial charge is 0.343 e. The Morgan fingerprint density at radius 1 is 0.871 bits per heavy atom. The van der Waals surface area contributed by atoms with Crippen molar-refractivity contribution in [3.63, 3.8) is 0 Å². The summed E-state index contributed by atoms with van der Waals surface area (Å²) in [4.78, 5) is 28.8. The predicted octanol–water partition coefficient (Wildman–Crippen LogP) is 3.17. The standard InChI is InChI=1S/C23H27N3O4S/c27-22(25-14-5-2-6-15-25)11-12-23(28)26-16-13-18-17-20(9-10-21(18)26)31(29,30)24-19-7-3-1-4-8-19/h1,3-4,7-10,17,24H,2,5-6,11-16H2. The first-order chi connectivity index (χ1) is 14.9. The molecule has 0 aromatic heterocycles. The van der Waals surface area contributed by atoms with Crippen LogP contribution in [0.5, 0.6) is 0 Å². The Labute approximate surface area is 183 Å². The molecule has 2 aliphatic rings. The number of fused-ring (bicyclic) bond motifs is 1. The van der Waals surface area contributed by atoms with Crippen LogP contribution in [0.15, 0.2) is 53.4 Å². The fraction of sp³-hybridized carbons (Fsp3) is 0.391. The zero-order valence-electron chi connectivity index (χ0n) is 17.4. The molecule has 2 aliphatic heterocycles. The molecule has 0 spiro atoms. The minimum atomic E-state index is -3.71. The minimum Gasteiger partial charge on any atom is -0.343 e. The smallest absolute Gasteiger partial charge is 0.261 e. The first-order valence-corrected chi connectivity index (χ1v) is 12.2. The number of hydrogen-bond donors (Lipinski definition) is 1. The topological polar surface area (TPSA) is 86.8 Å². The molecule has 8 heteroatoms. The molecule has 7 nitrogen and oxygen atoms in total. The number of anilines is 2. The van der Waals surface area contributed by atoms with Gasteiger partial charge in [-0.05, 0) is 61.6 Å². The summed E-state index contributed by atoms with van der Waals surface area (Å²) in [5, 5.41) is 0. The number of rotatable bonds is 6. The summed E-state index contributed by atoms with van der Waals surface area (Å²) in [6, 6.07) is 13.6. The van der Waals surface area contributed by atoms with Crippen molar-refractivity contribution < 1.29 is 18.0 Å². The molecule has 164 valence electrons. The average molecular weight is 442 g/mol. The third-order valence-electron chi connectivity index (χ3n) is 5.85. The maximum atomic E-state index is 12.7. The second-order valence-corrected chi connectivity index (χ2v) is 9.68. The lowest BCUT2D eigenvalue weighted by Gasteiger charge is -2.27. The Morgan fingerprint density at radius 3 is 2.32 bits per heavy atom. The molecule has 2 aromatic rings. The monoisotopic (exact) mass is 441 g/mol. The van der Waals surface area contributed by atoms with Crippen LogP contribution in [0.25, 0.3) is 0 Å². The second-order valence-electron chi connectivity index (χ2n) is 8.00. The van der Waals surface area contributed by atoms with Crippen molar-refractivity contribution in [2.75, 3.05) is 29.3 Å². The van der Waals surface area contributed by atoms with E-state index in [2.05, 4.69) is 4.72 Å². The maximum absolute atomic E-state index is 12.7. The van der Waals surface area contributed by atoms with Crippen LogP contribution in [0, 0.1) is 0 Å². The zero-order valence-corrected chi connectivity index (χ0v) is 18.2. The molecular weight excluding hydrogens is 414 g/mol. The number of nitrogens with zero attached hydrogens (tertiary/aromatic N) is 2. The average Bonchev–Trinajstić information content (AvgIpc) is 3.22. The van der Waals surface area contributed by atoms with Gasteiger partial charge in [-0.2, -0.15) is 0 Å². The van der Waals surface area contributed by atoms with Gasteiger partial charge in [0.1, 0.15) is 0 Å². The molecule has 0 saturated carbocycles. The zero-order chi connectivity index (χ0) is 21.8. The number of para-hydroxylation sites is 1. The second kappa shape index (κ2) is 9.09. The summed E-state index contributed by atoms with van der Waals surface area (Å²) in [5.74, 6) is -0.0528. The summed E-state index contributed by atoms with van der Waals surface area (Å²) in [6.45, 7) is 2.07. The van der Waals surface area contributed by atoms with Crippen LogP contribution in [0.2, 0.25) is 0 Å². The molecule has 2 heterocycles. The highest BCUT2D eigenvalue weighted by molar-refractivity contribution is 7.92. The first kappa shape index (κ1) is 21.4. The number of carbonyl (C=O) groups excluding carboxylic acids is 2. The Kier molecular flexibility index (Phi) is 6.27. The molecule has 2 aromatic carbocycles. The van der Waals surface area contributed by atoms with E-state index in [1.165, 1.54) is 6.07 Å². The molecule has 1 saturated heterocycles. The first-order valence-electron chi connectivity index (χ1n) is 10.7. The van der Waals surface area contributed by atoms with Gasteiger partial charge < -0.3 is 9.80 Å². The van der Waals surface area contributed by atoms with Crippen molar-refractivity contribution in [1.29, 1.82) is 0 Å². The molecular formula is C23H27N3O4S. The summed E-state index contributed by atoms with van der Waals surface area (Å²) >= 11 is 0. The van der Waals surface area contributed by atoms with Crippen molar-refractivity contribution in [1.82, 2.24) is 4.90 Å². The van der Waals surface area contributed by atoms with Gasteiger partial charge in [0.25, 0.3) is 10.0 Å². The number of piperidine rings is 1. The number of amides is 2. The minimum absolute atomic E-state index is 0.0425. The van der Waals surface area contributed by atoms with E-state index < -0.39 is 10.0 Å². The van der Waals surface area contributed by atoms with Gasteiger partial charge >= 0.3 is 0 Å². The van der Waals surface area contributed by atoms with Gasteiger partial charge in [-0.1, -0.05) is 18.2 Å². The molecule has 0 aliphatic carbocycles. The van der Waals surface area contributed by atoms with Crippen LogP contribution in [0.1, 0.15) is 37.7 Å². The predicted molar refractivity (Wildman–Crippen MR) is 119 cm³/mol. The third kappa shape index (κ3) is 4.90. The number of hydrogen-bond acceptors (Lipinski definition) is 4. The van der Waals surface area contributed by atoms with Gasteiger partial charge in [-0.15, -0.1) is 0 Å².